The highest BCUT2D eigenvalue weighted by Gasteiger charge is 2.44. The number of aliphatic carboxylic acids is 1. The van der Waals surface area contributed by atoms with Gasteiger partial charge in [-0.05, 0) is 6.42 Å². The van der Waals surface area contributed by atoms with Crippen molar-refractivity contribution in [3.05, 3.63) is 0 Å². The van der Waals surface area contributed by atoms with Gasteiger partial charge in [-0.15, -0.1) is 0 Å². The first-order chi connectivity index (χ1) is 9.77. The summed E-state index contributed by atoms with van der Waals surface area (Å²) in [5, 5.41) is 42.1. The molecule has 0 spiro atoms. The lowest BCUT2D eigenvalue weighted by atomic mass is 9.89. The number of quaternary nitrogens is 1. The fourth-order valence-electron chi connectivity index (χ4n) is 2.34. The molecule has 21 heavy (non-hydrogen) atoms. The van der Waals surface area contributed by atoms with Crippen LogP contribution in [0.2, 0.25) is 0 Å². The molecule has 1 fully saturated rings. The van der Waals surface area contributed by atoms with Gasteiger partial charge in [-0.1, -0.05) is 0 Å². The molecule has 1 amide bonds. The zero-order chi connectivity index (χ0) is 16.2. The molecular weight excluding hydrogens is 284 g/mol. The van der Waals surface area contributed by atoms with Crippen LogP contribution in [-0.2, 0) is 14.3 Å². The van der Waals surface area contributed by atoms with Gasteiger partial charge in [-0.2, -0.15) is 0 Å². The number of ether oxygens (including phenoxy) is 1. The molecule has 0 bridgehead atoms. The Morgan fingerprint density at radius 2 is 1.95 bits per heavy atom. The molecule has 122 valence electrons. The first-order valence-electron chi connectivity index (χ1n) is 6.71. The van der Waals surface area contributed by atoms with Crippen molar-refractivity contribution in [1.82, 2.24) is 5.32 Å². The van der Waals surface area contributed by atoms with Crippen molar-refractivity contribution in [3.8, 4) is 0 Å². The lowest BCUT2D eigenvalue weighted by molar-refractivity contribution is -0.439. The Morgan fingerprint density at radius 1 is 1.33 bits per heavy atom. The number of carbonyl (C=O) groups excluding carboxylic acids is 2. The van der Waals surface area contributed by atoms with E-state index >= 15 is 0 Å². The standard InChI is InChI=1S/C12H22N2O7/c1-5(16)14-9-7(3-2-6(13)12(19)20)21-8(4-15)10(17)11(9)18/h6-11,15,17-18H,2-4,13H2,1H3,(H,14,16)(H,19,20)/t6-,7+,8-,9+,10-,11-/m1/s1. The summed E-state index contributed by atoms with van der Waals surface area (Å²) in [6.45, 7) is 0.745. The maximum Gasteiger partial charge on any atom is 0.217 e. The summed E-state index contributed by atoms with van der Waals surface area (Å²) in [4.78, 5) is 21.8. The van der Waals surface area contributed by atoms with Gasteiger partial charge < -0.3 is 41.0 Å². The first-order valence-corrected chi connectivity index (χ1v) is 6.71. The van der Waals surface area contributed by atoms with E-state index in [2.05, 4.69) is 11.1 Å². The van der Waals surface area contributed by atoms with Crippen LogP contribution in [-0.4, -0.2) is 70.3 Å². The van der Waals surface area contributed by atoms with Gasteiger partial charge in [0, 0.05) is 13.3 Å². The summed E-state index contributed by atoms with van der Waals surface area (Å²) in [6.07, 6.45) is -4.12. The Balaban J connectivity index is 2.78. The molecule has 0 saturated carbocycles. The van der Waals surface area contributed by atoms with Gasteiger partial charge in [0.1, 0.15) is 24.4 Å². The van der Waals surface area contributed by atoms with Gasteiger partial charge in [0.2, 0.25) is 5.91 Å². The Labute approximate surface area is 121 Å². The minimum Gasteiger partial charge on any atom is -0.544 e. The lowest BCUT2D eigenvalue weighted by Gasteiger charge is -2.42. The van der Waals surface area contributed by atoms with Gasteiger partial charge in [0.15, 0.2) is 0 Å². The van der Waals surface area contributed by atoms with Crippen molar-refractivity contribution in [1.29, 1.82) is 0 Å². The van der Waals surface area contributed by atoms with Crippen LogP contribution in [0.1, 0.15) is 19.8 Å². The number of amides is 1. The van der Waals surface area contributed by atoms with Crippen LogP contribution in [0.3, 0.4) is 0 Å². The molecule has 0 radical (unpaired) electrons. The summed E-state index contributed by atoms with van der Waals surface area (Å²) in [5.74, 6) is -1.73. The van der Waals surface area contributed by atoms with Crippen LogP contribution in [0.4, 0.5) is 0 Å². The summed E-state index contributed by atoms with van der Waals surface area (Å²) in [7, 11) is 0. The quantitative estimate of drug-likeness (QED) is 0.328. The van der Waals surface area contributed by atoms with Gasteiger partial charge in [0.05, 0.1) is 24.7 Å². The Kier molecular flexibility index (Phi) is 6.49. The molecule has 0 aliphatic carbocycles. The van der Waals surface area contributed by atoms with Crippen LogP contribution >= 0.6 is 0 Å². The third-order valence-electron chi connectivity index (χ3n) is 3.53. The fraction of sp³-hybridized carbons (Fsp3) is 0.833. The fourth-order valence-corrected chi connectivity index (χ4v) is 2.34. The molecular formula is C12H22N2O7. The van der Waals surface area contributed by atoms with E-state index in [9.17, 15) is 24.9 Å². The van der Waals surface area contributed by atoms with E-state index in [1.165, 1.54) is 6.92 Å². The summed E-state index contributed by atoms with van der Waals surface area (Å²) >= 11 is 0. The van der Waals surface area contributed by atoms with E-state index in [1.807, 2.05) is 0 Å². The van der Waals surface area contributed by atoms with Crippen molar-refractivity contribution < 1.29 is 40.5 Å². The van der Waals surface area contributed by atoms with Crippen molar-refractivity contribution in [2.45, 2.75) is 56.3 Å². The number of aliphatic hydroxyl groups is 3. The van der Waals surface area contributed by atoms with E-state index in [-0.39, 0.29) is 12.8 Å². The van der Waals surface area contributed by atoms with Gasteiger partial charge in [-0.3, -0.25) is 4.79 Å². The van der Waals surface area contributed by atoms with E-state index in [0.29, 0.717) is 0 Å². The van der Waals surface area contributed by atoms with Crippen LogP contribution < -0.4 is 16.2 Å². The molecule has 0 unspecified atom stereocenters. The van der Waals surface area contributed by atoms with Crippen molar-refractivity contribution >= 4 is 11.9 Å². The van der Waals surface area contributed by atoms with E-state index in [1.54, 1.807) is 0 Å². The lowest BCUT2D eigenvalue weighted by Crippen LogP contribution is -2.69. The largest absolute Gasteiger partial charge is 0.544 e. The van der Waals surface area contributed by atoms with Crippen LogP contribution in [0.5, 0.6) is 0 Å². The summed E-state index contributed by atoms with van der Waals surface area (Å²) in [6, 6.07) is -1.85. The molecule has 0 aromatic carbocycles. The molecule has 1 aliphatic rings. The summed E-state index contributed by atoms with van der Waals surface area (Å²) < 4.78 is 5.45. The SMILES string of the molecule is CC(=O)N[C@@H]1[C@@H](O)[C@H](O)[C@@H](CO)O[C@H]1CC[C@@H]([NH3+])C(=O)[O-]. The first kappa shape index (κ1) is 17.8. The van der Waals surface area contributed by atoms with Crippen molar-refractivity contribution in [2.24, 2.45) is 0 Å². The smallest absolute Gasteiger partial charge is 0.217 e. The van der Waals surface area contributed by atoms with Crippen molar-refractivity contribution in [2.75, 3.05) is 6.61 Å². The predicted molar refractivity (Wildman–Crippen MR) is 66.3 cm³/mol. The highest BCUT2D eigenvalue weighted by atomic mass is 16.5. The maximum absolute atomic E-state index is 11.2. The zero-order valence-electron chi connectivity index (χ0n) is 11.8. The molecule has 9 heteroatoms. The number of carbonyl (C=O) groups is 2. The number of carboxylic acids is 1. The molecule has 1 saturated heterocycles. The molecule has 6 atom stereocenters. The number of nitrogens with one attached hydrogen (secondary N) is 1. The Hall–Kier alpha value is -1.26. The minimum atomic E-state index is -1.35. The average Bonchev–Trinajstić information content (AvgIpc) is 2.42. The second-order valence-corrected chi connectivity index (χ2v) is 5.20. The Bertz CT molecular complexity index is 379. The van der Waals surface area contributed by atoms with E-state index in [4.69, 9.17) is 9.84 Å². The monoisotopic (exact) mass is 306 g/mol. The summed E-state index contributed by atoms with van der Waals surface area (Å²) in [5.41, 5.74) is 3.41. The minimum absolute atomic E-state index is 0.115. The predicted octanol–water partition coefficient (Wildman–Crippen LogP) is -4.89. The highest BCUT2D eigenvalue weighted by molar-refractivity contribution is 5.73. The number of hydrogen-bond acceptors (Lipinski definition) is 7. The van der Waals surface area contributed by atoms with Gasteiger partial charge in [0.25, 0.3) is 0 Å². The molecule has 1 rings (SSSR count). The number of aliphatic hydroxyl groups excluding tert-OH is 3. The molecule has 0 aromatic heterocycles. The second kappa shape index (κ2) is 7.66. The topological polar surface area (TPSA) is 167 Å². The average molecular weight is 306 g/mol. The zero-order valence-corrected chi connectivity index (χ0v) is 11.8. The third kappa shape index (κ3) is 4.61. The molecule has 7 N–H and O–H groups in total. The van der Waals surface area contributed by atoms with Gasteiger partial charge in [-0.25, -0.2) is 0 Å². The second-order valence-electron chi connectivity index (χ2n) is 5.20. The molecule has 0 aromatic rings. The molecule has 1 aliphatic heterocycles. The third-order valence-corrected chi connectivity index (χ3v) is 3.53. The number of carboxylic acid groups (broad SMARTS) is 1. The van der Waals surface area contributed by atoms with Gasteiger partial charge >= 0.3 is 0 Å². The van der Waals surface area contributed by atoms with Crippen molar-refractivity contribution in [3.63, 3.8) is 0 Å². The number of rotatable bonds is 6. The van der Waals surface area contributed by atoms with Crippen LogP contribution in [0, 0.1) is 0 Å². The van der Waals surface area contributed by atoms with Crippen LogP contribution in [0.25, 0.3) is 0 Å². The Morgan fingerprint density at radius 3 is 2.43 bits per heavy atom. The molecule has 9 nitrogen and oxygen atoms in total. The maximum atomic E-state index is 11.2. The van der Waals surface area contributed by atoms with E-state index < -0.39 is 55.0 Å². The molecule has 1 heterocycles. The van der Waals surface area contributed by atoms with E-state index in [0.717, 1.165) is 0 Å². The van der Waals surface area contributed by atoms with Crippen LogP contribution in [0.15, 0.2) is 0 Å². The highest BCUT2D eigenvalue weighted by Crippen LogP contribution is 2.24. The normalized spacial score (nSPS) is 34.2. The number of hydrogen-bond donors (Lipinski definition) is 5.